The van der Waals surface area contributed by atoms with Crippen molar-refractivity contribution in [2.45, 2.75) is 65.6 Å². The Labute approximate surface area is 242 Å². The van der Waals surface area contributed by atoms with Crippen molar-refractivity contribution in [3.8, 4) is 0 Å². The highest BCUT2D eigenvalue weighted by molar-refractivity contribution is 7.98. The Morgan fingerprint density at radius 3 is 2.20 bits per heavy atom. The maximum atomic E-state index is 14.1. The average Bonchev–Trinajstić information content (AvgIpc) is 2.89. The average molecular weight is 564 g/mol. The zero-order valence-electron chi connectivity index (χ0n) is 24.5. The first-order valence-corrected chi connectivity index (χ1v) is 15.0. The molecule has 0 radical (unpaired) electrons. The standard InChI is InChI=1S/C32H41N3O4S/c1-8-35(30(37)26(18-19-40-7)34-31(38)39-32(4,5)6)28(27-21(2)12-11-13-22(27)3)29(36)33-25-17-16-23-14-9-10-15-24(23)20-25/h9-17,20,26,28H,8,18-19H2,1-7H3,(H,33,36)(H,34,38). The van der Waals surface area contributed by atoms with E-state index in [2.05, 4.69) is 10.6 Å². The van der Waals surface area contributed by atoms with Crippen LogP contribution in [0.25, 0.3) is 10.8 Å². The lowest BCUT2D eigenvalue weighted by Gasteiger charge is -2.35. The molecule has 7 nitrogen and oxygen atoms in total. The minimum Gasteiger partial charge on any atom is -0.444 e. The molecule has 2 unspecified atom stereocenters. The fourth-order valence-corrected chi connectivity index (χ4v) is 5.24. The van der Waals surface area contributed by atoms with Gasteiger partial charge in [0.25, 0.3) is 5.91 Å². The van der Waals surface area contributed by atoms with Gasteiger partial charge in [-0.15, -0.1) is 0 Å². The van der Waals surface area contributed by atoms with Gasteiger partial charge in [0, 0.05) is 12.2 Å². The number of thioether (sulfide) groups is 1. The largest absolute Gasteiger partial charge is 0.444 e. The minimum atomic E-state index is -0.901. The number of hydrogen-bond acceptors (Lipinski definition) is 5. The molecule has 3 amide bonds. The molecule has 3 aromatic rings. The van der Waals surface area contributed by atoms with Crippen LogP contribution in [0.2, 0.25) is 0 Å². The molecule has 3 rings (SSSR count). The first kappa shape index (κ1) is 31.0. The number of anilines is 1. The number of rotatable bonds is 10. The van der Waals surface area contributed by atoms with Gasteiger partial charge in [0.15, 0.2) is 0 Å². The minimum absolute atomic E-state index is 0.272. The van der Waals surface area contributed by atoms with Gasteiger partial charge in [-0.25, -0.2) is 4.79 Å². The Balaban J connectivity index is 2.01. The molecule has 2 N–H and O–H groups in total. The molecule has 3 aromatic carbocycles. The Morgan fingerprint density at radius 2 is 1.60 bits per heavy atom. The number of nitrogens with one attached hydrogen (secondary N) is 2. The highest BCUT2D eigenvalue weighted by Gasteiger charge is 2.36. The van der Waals surface area contributed by atoms with E-state index in [1.165, 1.54) is 0 Å². The molecule has 0 saturated carbocycles. The zero-order chi connectivity index (χ0) is 29.4. The van der Waals surface area contributed by atoms with E-state index in [0.717, 1.165) is 27.5 Å². The number of likely N-dealkylation sites (N-methyl/N-ethyl adjacent to an activating group) is 1. The third-order valence-corrected chi connectivity index (χ3v) is 7.26. The van der Waals surface area contributed by atoms with Crippen LogP contribution in [0.5, 0.6) is 0 Å². The summed E-state index contributed by atoms with van der Waals surface area (Å²) in [5, 5.41) is 7.91. The zero-order valence-corrected chi connectivity index (χ0v) is 25.4. The number of carbonyl (C=O) groups is 3. The molecule has 0 aliphatic heterocycles. The van der Waals surface area contributed by atoms with Gasteiger partial charge < -0.3 is 20.3 Å². The molecule has 0 spiro atoms. The molecule has 40 heavy (non-hydrogen) atoms. The third-order valence-electron chi connectivity index (χ3n) is 6.62. The number of alkyl carbamates (subject to hydrolysis) is 1. The van der Waals surface area contributed by atoms with Crippen LogP contribution in [0, 0.1) is 13.8 Å². The molecule has 0 aliphatic carbocycles. The number of carbonyl (C=O) groups excluding carboxylic acids is 3. The maximum absolute atomic E-state index is 14.1. The van der Waals surface area contributed by atoms with Gasteiger partial charge in [-0.2, -0.15) is 11.8 Å². The van der Waals surface area contributed by atoms with E-state index >= 15 is 0 Å². The SMILES string of the molecule is CCN(C(=O)C(CCSC)NC(=O)OC(C)(C)C)C(C(=O)Nc1ccc2ccccc2c1)c1c(C)cccc1C. The molecule has 2 atom stereocenters. The fourth-order valence-electron chi connectivity index (χ4n) is 4.77. The van der Waals surface area contributed by atoms with Crippen molar-refractivity contribution in [1.82, 2.24) is 10.2 Å². The Bertz CT molecular complexity index is 1330. The van der Waals surface area contributed by atoms with Crippen molar-refractivity contribution < 1.29 is 19.1 Å². The van der Waals surface area contributed by atoms with Gasteiger partial charge in [-0.1, -0.05) is 48.5 Å². The summed E-state index contributed by atoms with van der Waals surface area (Å²) in [4.78, 5) is 42.5. The lowest BCUT2D eigenvalue weighted by Crippen LogP contribution is -2.52. The number of amides is 3. The second-order valence-corrected chi connectivity index (χ2v) is 11.8. The predicted molar refractivity (Wildman–Crippen MR) is 165 cm³/mol. The van der Waals surface area contributed by atoms with Gasteiger partial charge in [0.2, 0.25) is 5.91 Å². The molecule has 0 aliphatic rings. The van der Waals surface area contributed by atoms with Crippen molar-refractivity contribution >= 4 is 46.1 Å². The van der Waals surface area contributed by atoms with E-state index in [-0.39, 0.29) is 18.4 Å². The van der Waals surface area contributed by atoms with Crippen LogP contribution in [0.1, 0.15) is 56.8 Å². The fraction of sp³-hybridized carbons (Fsp3) is 0.406. The second kappa shape index (κ2) is 13.7. The van der Waals surface area contributed by atoms with Crippen molar-refractivity contribution in [2.75, 3.05) is 23.9 Å². The maximum Gasteiger partial charge on any atom is 0.408 e. The van der Waals surface area contributed by atoms with Crippen molar-refractivity contribution in [3.05, 3.63) is 77.4 Å². The highest BCUT2D eigenvalue weighted by atomic mass is 32.2. The summed E-state index contributed by atoms with van der Waals surface area (Å²) in [6.45, 7) is 11.3. The summed E-state index contributed by atoms with van der Waals surface area (Å²) >= 11 is 1.58. The Hall–Kier alpha value is -3.52. The number of hydrogen-bond donors (Lipinski definition) is 2. The van der Waals surface area contributed by atoms with Gasteiger partial charge in [-0.05, 0) is 99.6 Å². The van der Waals surface area contributed by atoms with E-state index < -0.39 is 23.8 Å². The molecule has 0 aromatic heterocycles. The van der Waals surface area contributed by atoms with E-state index in [1.807, 2.05) is 87.7 Å². The molecule has 0 heterocycles. The molecular weight excluding hydrogens is 522 g/mol. The lowest BCUT2D eigenvalue weighted by molar-refractivity contribution is -0.140. The molecule has 0 saturated heterocycles. The summed E-state index contributed by atoms with van der Waals surface area (Å²) in [6, 6.07) is 17.8. The van der Waals surface area contributed by atoms with Crippen molar-refractivity contribution in [1.29, 1.82) is 0 Å². The normalized spacial score (nSPS) is 12.9. The quantitative estimate of drug-likeness (QED) is 0.289. The molecule has 0 bridgehead atoms. The number of benzene rings is 3. The number of ether oxygens (including phenoxy) is 1. The van der Waals surface area contributed by atoms with E-state index in [4.69, 9.17) is 4.74 Å². The number of aryl methyl sites for hydroxylation is 2. The van der Waals surface area contributed by atoms with E-state index in [9.17, 15) is 14.4 Å². The van der Waals surface area contributed by atoms with Crippen LogP contribution in [0.4, 0.5) is 10.5 Å². The van der Waals surface area contributed by atoms with Gasteiger partial charge in [0.1, 0.15) is 17.7 Å². The predicted octanol–water partition coefficient (Wildman–Crippen LogP) is 6.63. The first-order chi connectivity index (χ1) is 18.9. The van der Waals surface area contributed by atoms with Crippen molar-refractivity contribution in [2.24, 2.45) is 0 Å². The van der Waals surface area contributed by atoms with Crippen LogP contribution < -0.4 is 10.6 Å². The first-order valence-electron chi connectivity index (χ1n) is 13.6. The second-order valence-electron chi connectivity index (χ2n) is 10.9. The van der Waals surface area contributed by atoms with E-state index in [1.54, 1.807) is 37.4 Å². The third kappa shape index (κ3) is 8.01. The number of nitrogens with zero attached hydrogens (tertiary/aromatic N) is 1. The van der Waals surface area contributed by atoms with Gasteiger partial charge in [-0.3, -0.25) is 9.59 Å². The van der Waals surface area contributed by atoms with Crippen LogP contribution in [0.3, 0.4) is 0 Å². The smallest absolute Gasteiger partial charge is 0.408 e. The summed E-state index contributed by atoms with van der Waals surface area (Å²) in [6.07, 6.45) is 1.69. The molecule has 0 fully saturated rings. The summed E-state index contributed by atoms with van der Waals surface area (Å²) in [7, 11) is 0. The van der Waals surface area contributed by atoms with Crippen LogP contribution >= 0.6 is 11.8 Å². The van der Waals surface area contributed by atoms with Crippen LogP contribution in [-0.4, -0.2) is 53.0 Å². The number of fused-ring (bicyclic) bond motifs is 1. The molecule has 8 heteroatoms. The lowest BCUT2D eigenvalue weighted by atomic mass is 9.93. The van der Waals surface area contributed by atoms with E-state index in [0.29, 0.717) is 17.9 Å². The summed E-state index contributed by atoms with van der Waals surface area (Å²) < 4.78 is 5.45. The monoisotopic (exact) mass is 563 g/mol. The highest BCUT2D eigenvalue weighted by Crippen LogP contribution is 2.30. The Morgan fingerprint density at radius 1 is 0.950 bits per heavy atom. The molecule has 214 valence electrons. The van der Waals surface area contributed by atoms with Crippen molar-refractivity contribution in [3.63, 3.8) is 0 Å². The molecular formula is C32H41N3O4S. The Kier molecular flexibility index (Phi) is 10.6. The van der Waals surface area contributed by atoms with Gasteiger partial charge in [0.05, 0.1) is 0 Å². The van der Waals surface area contributed by atoms with Gasteiger partial charge >= 0.3 is 6.09 Å². The van der Waals surface area contributed by atoms with Crippen LogP contribution in [-0.2, 0) is 14.3 Å². The topological polar surface area (TPSA) is 87.7 Å². The summed E-state index contributed by atoms with van der Waals surface area (Å²) in [5.74, 6) is 0.00803. The summed E-state index contributed by atoms with van der Waals surface area (Å²) in [5.41, 5.74) is 2.53. The van der Waals surface area contributed by atoms with Crippen LogP contribution in [0.15, 0.2) is 60.7 Å².